The first-order chi connectivity index (χ1) is 10.2. The smallest absolute Gasteiger partial charge is 0.115 e. The molecule has 0 fully saturated rings. The Morgan fingerprint density at radius 1 is 0.667 bits per heavy atom. The van der Waals surface area contributed by atoms with Crippen molar-refractivity contribution in [2.75, 3.05) is 14.2 Å². The van der Waals surface area contributed by atoms with Crippen molar-refractivity contribution in [1.29, 1.82) is 0 Å². The molecule has 2 aromatic rings. The van der Waals surface area contributed by atoms with Gasteiger partial charge in [0.05, 0.1) is 0 Å². The summed E-state index contributed by atoms with van der Waals surface area (Å²) in [5.41, 5.74) is 1.32. The lowest BCUT2D eigenvalue weighted by Gasteiger charge is -1.82. The molecule has 0 heterocycles. The van der Waals surface area contributed by atoms with Crippen molar-refractivity contribution in [3.63, 3.8) is 0 Å². The van der Waals surface area contributed by atoms with Crippen molar-refractivity contribution in [3.05, 3.63) is 66.2 Å². The fraction of sp³-hybridized carbons (Fsp3) is 0.368. The van der Waals surface area contributed by atoms with E-state index in [1.54, 1.807) is 38.5 Å². The van der Waals surface area contributed by atoms with Gasteiger partial charge in [0, 0.05) is 14.2 Å². The Hall–Kier alpha value is -1.80. The lowest BCUT2D eigenvalue weighted by atomic mass is 10.2. The largest absolute Gasteiger partial charge is 0.508 e. The van der Waals surface area contributed by atoms with Gasteiger partial charge in [0.2, 0.25) is 0 Å². The molecule has 21 heavy (non-hydrogen) atoms. The number of phenols is 1. The van der Waals surface area contributed by atoms with Crippen LogP contribution in [0, 0.1) is 6.92 Å². The summed E-state index contributed by atoms with van der Waals surface area (Å²) in [6.45, 7) is 10.1. The molecule has 0 saturated carbocycles. The maximum Gasteiger partial charge on any atom is 0.115 e. The summed E-state index contributed by atoms with van der Waals surface area (Å²) in [5, 5.41) is 8.63. The molecule has 2 aromatic carbocycles. The maximum absolute atomic E-state index is 8.63. The zero-order chi connectivity index (χ0) is 16.9. The molecule has 0 aliphatic heterocycles. The molecule has 0 unspecified atom stereocenters. The summed E-state index contributed by atoms with van der Waals surface area (Å²) < 4.78 is 4.25. The second kappa shape index (κ2) is 23.3. The van der Waals surface area contributed by atoms with Crippen LogP contribution < -0.4 is 0 Å². The van der Waals surface area contributed by atoms with Gasteiger partial charge < -0.3 is 9.84 Å². The third-order valence-corrected chi connectivity index (χ3v) is 1.70. The molecule has 120 valence electrons. The second-order valence-corrected chi connectivity index (χ2v) is 3.40. The van der Waals surface area contributed by atoms with Crippen LogP contribution in [-0.4, -0.2) is 19.3 Å². The van der Waals surface area contributed by atoms with Crippen molar-refractivity contribution in [3.8, 4) is 5.75 Å². The monoisotopic (exact) mass is 292 g/mol. The molecule has 0 amide bonds. The average molecular weight is 292 g/mol. The minimum Gasteiger partial charge on any atom is -0.508 e. The number of ether oxygens (including phenoxy) is 1. The van der Waals surface area contributed by atoms with Crippen molar-refractivity contribution in [2.45, 2.75) is 34.6 Å². The van der Waals surface area contributed by atoms with Crippen LogP contribution in [0.25, 0.3) is 0 Å². The van der Waals surface area contributed by atoms with Gasteiger partial charge in [0.1, 0.15) is 5.75 Å². The highest BCUT2D eigenvalue weighted by Crippen LogP contribution is 2.02. The van der Waals surface area contributed by atoms with E-state index in [1.807, 2.05) is 52.0 Å². The first kappa shape index (κ1) is 24.2. The van der Waals surface area contributed by atoms with Gasteiger partial charge in [-0.1, -0.05) is 81.8 Å². The molecular weight excluding hydrogens is 260 g/mol. The number of aryl methyl sites for hydroxylation is 1. The Kier molecular flexibility index (Phi) is 26.9. The highest BCUT2D eigenvalue weighted by molar-refractivity contribution is 5.18. The Morgan fingerprint density at radius 2 is 0.952 bits per heavy atom. The highest BCUT2D eigenvalue weighted by atomic mass is 16.4. The third kappa shape index (κ3) is 23.7. The van der Waals surface area contributed by atoms with E-state index in [2.05, 4.69) is 23.8 Å². The predicted molar refractivity (Wildman–Crippen MR) is 94.9 cm³/mol. The van der Waals surface area contributed by atoms with E-state index >= 15 is 0 Å². The molecule has 0 spiro atoms. The molecule has 0 aromatic heterocycles. The summed E-state index contributed by atoms with van der Waals surface area (Å²) >= 11 is 0. The molecule has 0 aliphatic rings. The molecule has 0 saturated heterocycles. The van der Waals surface area contributed by atoms with E-state index in [4.69, 9.17) is 5.11 Å². The Balaban J connectivity index is -0.000000219. The number of phenolic OH excluding ortho intramolecular Hbond substituents is 1. The Morgan fingerprint density at radius 3 is 1.10 bits per heavy atom. The normalized spacial score (nSPS) is 7.19. The maximum atomic E-state index is 8.63. The Bertz CT molecular complexity index is 320. The molecule has 0 radical (unpaired) electrons. The fourth-order valence-corrected chi connectivity index (χ4v) is 0.962. The number of para-hydroxylation sites is 1. The Labute approximate surface area is 131 Å². The van der Waals surface area contributed by atoms with E-state index in [0.29, 0.717) is 5.75 Å². The standard InChI is InChI=1S/C7H8.C6H6O.C2H6O.2C2H6/c1-7-5-3-2-4-6-7;7-6-4-2-1-3-5-6;1-3-2;2*1-2/h2-6H,1H3;1-5,7H;1-2H3;2*1-2H3. The molecule has 2 rings (SSSR count). The highest BCUT2D eigenvalue weighted by Gasteiger charge is 1.74. The van der Waals surface area contributed by atoms with Crippen LogP contribution in [0.4, 0.5) is 0 Å². The molecule has 1 N–H and O–H groups in total. The predicted octanol–water partition coefficient (Wildman–Crippen LogP) is 5.70. The van der Waals surface area contributed by atoms with Crippen LogP contribution in [0.2, 0.25) is 0 Å². The van der Waals surface area contributed by atoms with Crippen molar-refractivity contribution in [1.82, 2.24) is 0 Å². The number of aromatic hydroxyl groups is 1. The number of methoxy groups -OCH3 is 1. The number of rotatable bonds is 0. The molecule has 0 aliphatic carbocycles. The second-order valence-electron chi connectivity index (χ2n) is 3.40. The fourth-order valence-electron chi connectivity index (χ4n) is 0.962. The van der Waals surface area contributed by atoms with E-state index in [-0.39, 0.29) is 0 Å². The average Bonchev–Trinajstić information content (AvgIpc) is 2.54. The van der Waals surface area contributed by atoms with Crippen LogP contribution in [0.1, 0.15) is 33.3 Å². The van der Waals surface area contributed by atoms with E-state index < -0.39 is 0 Å². The van der Waals surface area contributed by atoms with Crippen LogP contribution in [-0.2, 0) is 4.74 Å². The number of hydrogen-bond donors (Lipinski definition) is 1. The molecule has 0 atom stereocenters. The van der Waals surface area contributed by atoms with Crippen LogP contribution in [0.15, 0.2) is 60.7 Å². The lowest BCUT2D eigenvalue weighted by Crippen LogP contribution is -1.62. The van der Waals surface area contributed by atoms with Gasteiger partial charge in [0.25, 0.3) is 0 Å². The molecular formula is C19H32O2. The molecule has 2 heteroatoms. The molecule has 2 nitrogen and oxygen atoms in total. The van der Waals surface area contributed by atoms with Crippen LogP contribution >= 0.6 is 0 Å². The van der Waals surface area contributed by atoms with E-state index in [1.165, 1.54) is 5.56 Å². The summed E-state index contributed by atoms with van der Waals surface area (Å²) in [7, 11) is 3.25. The van der Waals surface area contributed by atoms with Gasteiger partial charge in [-0.3, -0.25) is 0 Å². The summed E-state index contributed by atoms with van der Waals surface area (Å²) in [5.74, 6) is 0.322. The van der Waals surface area contributed by atoms with Gasteiger partial charge >= 0.3 is 0 Å². The first-order valence-corrected chi connectivity index (χ1v) is 7.36. The van der Waals surface area contributed by atoms with Crippen molar-refractivity contribution >= 4 is 0 Å². The van der Waals surface area contributed by atoms with Crippen molar-refractivity contribution in [2.24, 2.45) is 0 Å². The van der Waals surface area contributed by atoms with E-state index in [9.17, 15) is 0 Å². The van der Waals surface area contributed by atoms with Gasteiger partial charge in [-0.15, -0.1) is 0 Å². The van der Waals surface area contributed by atoms with Gasteiger partial charge in [-0.25, -0.2) is 0 Å². The van der Waals surface area contributed by atoms with Crippen LogP contribution in [0.3, 0.4) is 0 Å². The number of hydrogen-bond acceptors (Lipinski definition) is 2. The van der Waals surface area contributed by atoms with Gasteiger partial charge in [-0.05, 0) is 19.1 Å². The minimum atomic E-state index is 0.322. The summed E-state index contributed by atoms with van der Waals surface area (Å²) in [4.78, 5) is 0. The van der Waals surface area contributed by atoms with Crippen molar-refractivity contribution < 1.29 is 9.84 Å². The number of benzene rings is 2. The van der Waals surface area contributed by atoms with Gasteiger partial charge in [-0.2, -0.15) is 0 Å². The summed E-state index contributed by atoms with van der Waals surface area (Å²) in [6.07, 6.45) is 0. The quantitative estimate of drug-likeness (QED) is 0.674. The van der Waals surface area contributed by atoms with Crippen LogP contribution in [0.5, 0.6) is 5.75 Å². The lowest BCUT2D eigenvalue weighted by molar-refractivity contribution is 0.277. The first-order valence-electron chi connectivity index (χ1n) is 7.36. The zero-order valence-electron chi connectivity index (χ0n) is 14.6. The summed E-state index contributed by atoms with van der Waals surface area (Å²) in [6, 6.07) is 19.0. The SMILES string of the molecule is CC.CC.COC.Cc1ccccc1.Oc1ccccc1. The molecule has 0 bridgehead atoms. The topological polar surface area (TPSA) is 29.5 Å². The zero-order valence-corrected chi connectivity index (χ0v) is 14.6. The van der Waals surface area contributed by atoms with Gasteiger partial charge in [0.15, 0.2) is 0 Å². The minimum absolute atomic E-state index is 0.322. The third-order valence-electron chi connectivity index (χ3n) is 1.70. The van der Waals surface area contributed by atoms with E-state index in [0.717, 1.165) is 0 Å².